The van der Waals surface area contributed by atoms with Gasteiger partial charge in [-0.25, -0.2) is 0 Å². The molecule has 1 rings (SSSR count). The zero-order valence-corrected chi connectivity index (χ0v) is 5.18. The maximum absolute atomic E-state index is 3.98. The number of hydrogen-bond acceptors (Lipinski definition) is 1. The average Bonchev–Trinajstić information content (AvgIpc) is 1.64. The van der Waals surface area contributed by atoms with Crippen molar-refractivity contribution >= 4 is 8.41 Å². The van der Waals surface area contributed by atoms with E-state index in [2.05, 4.69) is 11.1 Å². The number of nitrogens with zero attached hydrogens (tertiary/aromatic N) is 1. The van der Waals surface area contributed by atoms with Crippen molar-refractivity contribution in [3.05, 3.63) is 29.6 Å². The van der Waals surface area contributed by atoms with Gasteiger partial charge in [0.1, 0.15) is 0 Å². The number of pyridine rings is 1. The van der Waals surface area contributed by atoms with Gasteiger partial charge < -0.3 is 0 Å². The maximum Gasteiger partial charge on any atom is 0.0814 e. The van der Waals surface area contributed by atoms with Crippen molar-refractivity contribution in [2.75, 3.05) is 0 Å². The third-order valence-corrected chi connectivity index (χ3v) is 1.01. The van der Waals surface area contributed by atoms with E-state index in [1.807, 2.05) is 26.2 Å². The van der Waals surface area contributed by atoms with E-state index in [0.29, 0.717) is 0 Å². The minimum absolute atomic E-state index is 0. The first kappa shape index (κ1) is 8.21. The van der Waals surface area contributed by atoms with E-state index in [-0.39, 0.29) is 8.41 Å². The zero-order valence-electron chi connectivity index (χ0n) is 5.18. The lowest BCUT2D eigenvalue weighted by molar-refractivity contribution is 1.22. The third kappa shape index (κ3) is 2.31. The molecule has 0 aromatic carbocycles. The summed E-state index contributed by atoms with van der Waals surface area (Å²) in [5.41, 5.74) is 2.45. The highest BCUT2D eigenvalue weighted by molar-refractivity contribution is 5.75. The molecule has 0 bridgehead atoms. The van der Waals surface area contributed by atoms with E-state index in [1.54, 1.807) is 0 Å². The molecule has 0 amide bonds. The molecule has 9 heavy (non-hydrogen) atoms. The summed E-state index contributed by atoms with van der Waals surface area (Å²) in [5.74, 6) is 0. The lowest BCUT2D eigenvalue weighted by atomic mass is 10.2. The van der Waals surface area contributed by atoms with Crippen LogP contribution in [0, 0.1) is 13.8 Å². The summed E-state index contributed by atoms with van der Waals surface area (Å²) in [5, 5.41) is 0. The van der Waals surface area contributed by atoms with E-state index in [9.17, 15) is 0 Å². The Balaban J connectivity index is 0.000000640. The fraction of sp³-hybridized carbons (Fsp3) is 0.286. The van der Waals surface area contributed by atoms with Gasteiger partial charge in [0.15, 0.2) is 0 Å². The second-order valence-corrected chi connectivity index (χ2v) is 2.04. The SMILES string of the molecule is B.Cc1cncc(C)c1. The van der Waals surface area contributed by atoms with Crippen LogP contribution in [0.25, 0.3) is 0 Å². The van der Waals surface area contributed by atoms with Crippen molar-refractivity contribution in [1.82, 2.24) is 4.98 Å². The zero-order chi connectivity index (χ0) is 5.98. The van der Waals surface area contributed by atoms with E-state index in [1.165, 1.54) is 11.1 Å². The molecule has 0 spiro atoms. The fourth-order valence-corrected chi connectivity index (χ4v) is 0.706. The summed E-state index contributed by atoms with van der Waals surface area (Å²) in [6.07, 6.45) is 3.71. The van der Waals surface area contributed by atoms with Crippen LogP contribution in [0.1, 0.15) is 11.1 Å². The van der Waals surface area contributed by atoms with Crippen LogP contribution in [0.4, 0.5) is 0 Å². The highest BCUT2D eigenvalue weighted by Crippen LogP contribution is 1.96. The highest BCUT2D eigenvalue weighted by atomic mass is 14.6. The summed E-state index contributed by atoms with van der Waals surface area (Å²) in [6, 6.07) is 2.10. The first-order valence-corrected chi connectivity index (χ1v) is 2.67. The van der Waals surface area contributed by atoms with Crippen LogP contribution in [-0.4, -0.2) is 13.4 Å². The highest BCUT2D eigenvalue weighted by Gasteiger charge is 1.81. The monoisotopic (exact) mass is 121 g/mol. The first-order chi connectivity index (χ1) is 3.79. The van der Waals surface area contributed by atoms with Crippen LogP contribution in [-0.2, 0) is 0 Å². The standard InChI is InChI=1S/C7H9N.BH3/c1-6-3-7(2)5-8-4-6;/h3-5H,1-2H3;1H3. The molecular weight excluding hydrogens is 109 g/mol. The van der Waals surface area contributed by atoms with Crippen molar-refractivity contribution in [3.63, 3.8) is 0 Å². The second kappa shape index (κ2) is 3.28. The van der Waals surface area contributed by atoms with Gasteiger partial charge in [0.2, 0.25) is 0 Å². The predicted molar refractivity (Wildman–Crippen MR) is 43.7 cm³/mol. The summed E-state index contributed by atoms with van der Waals surface area (Å²) in [6.45, 7) is 4.08. The van der Waals surface area contributed by atoms with Crippen LogP contribution in [0.15, 0.2) is 18.5 Å². The molecule has 1 aromatic heterocycles. The second-order valence-electron chi connectivity index (χ2n) is 2.04. The molecular formula is C7H12BN. The minimum Gasteiger partial charge on any atom is -0.264 e. The predicted octanol–water partition coefficient (Wildman–Crippen LogP) is 0.515. The molecule has 0 unspecified atom stereocenters. The summed E-state index contributed by atoms with van der Waals surface area (Å²) < 4.78 is 0. The summed E-state index contributed by atoms with van der Waals surface area (Å²) in [4.78, 5) is 3.98. The minimum atomic E-state index is 0. The van der Waals surface area contributed by atoms with E-state index >= 15 is 0 Å². The van der Waals surface area contributed by atoms with Crippen LogP contribution in [0.2, 0.25) is 0 Å². The Bertz CT molecular complexity index is 169. The Labute approximate surface area is 57.7 Å². The van der Waals surface area contributed by atoms with E-state index < -0.39 is 0 Å². The molecule has 48 valence electrons. The van der Waals surface area contributed by atoms with Gasteiger partial charge in [-0.15, -0.1) is 0 Å². The lowest BCUT2D eigenvalue weighted by Crippen LogP contribution is -1.76. The van der Waals surface area contributed by atoms with Gasteiger partial charge in [-0.05, 0) is 25.0 Å². The third-order valence-electron chi connectivity index (χ3n) is 1.01. The van der Waals surface area contributed by atoms with Gasteiger partial charge in [0, 0.05) is 12.4 Å². The number of rotatable bonds is 0. The number of aromatic nitrogens is 1. The van der Waals surface area contributed by atoms with Gasteiger partial charge in [-0.1, -0.05) is 6.07 Å². The van der Waals surface area contributed by atoms with Gasteiger partial charge in [0.05, 0.1) is 8.41 Å². The summed E-state index contributed by atoms with van der Waals surface area (Å²) in [7, 11) is 0. The van der Waals surface area contributed by atoms with Crippen LogP contribution < -0.4 is 0 Å². The molecule has 0 N–H and O–H groups in total. The molecule has 0 saturated heterocycles. The molecule has 0 fully saturated rings. The Morgan fingerprint density at radius 3 is 1.78 bits per heavy atom. The average molecular weight is 121 g/mol. The van der Waals surface area contributed by atoms with Gasteiger partial charge in [0.25, 0.3) is 0 Å². The van der Waals surface area contributed by atoms with Crippen molar-refractivity contribution in [1.29, 1.82) is 0 Å². The number of hydrogen-bond donors (Lipinski definition) is 0. The first-order valence-electron chi connectivity index (χ1n) is 2.67. The fourth-order valence-electron chi connectivity index (χ4n) is 0.706. The quantitative estimate of drug-likeness (QED) is 0.456. The van der Waals surface area contributed by atoms with E-state index in [0.717, 1.165) is 0 Å². The Morgan fingerprint density at radius 2 is 1.56 bits per heavy atom. The maximum atomic E-state index is 3.98. The molecule has 0 radical (unpaired) electrons. The van der Waals surface area contributed by atoms with Gasteiger partial charge in [-0.3, -0.25) is 4.98 Å². The molecule has 0 atom stereocenters. The molecule has 0 saturated carbocycles. The topological polar surface area (TPSA) is 12.9 Å². The van der Waals surface area contributed by atoms with Crippen molar-refractivity contribution in [2.24, 2.45) is 0 Å². The number of aryl methyl sites for hydroxylation is 2. The molecule has 1 heterocycles. The largest absolute Gasteiger partial charge is 0.264 e. The van der Waals surface area contributed by atoms with Crippen LogP contribution >= 0.6 is 0 Å². The Morgan fingerprint density at radius 1 is 1.11 bits per heavy atom. The smallest absolute Gasteiger partial charge is 0.0814 e. The molecule has 0 aliphatic carbocycles. The molecule has 0 aliphatic rings. The van der Waals surface area contributed by atoms with Crippen molar-refractivity contribution in [2.45, 2.75) is 13.8 Å². The summed E-state index contributed by atoms with van der Waals surface area (Å²) >= 11 is 0. The molecule has 0 aliphatic heterocycles. The lowest BCUT2D eigenvalue weighted by Gasteiger charge is -1.89. The molecule has 1 nitrogen and oxygen atoms in total. The molecule has 2 heteroatoms. The van der Waals surface area contributed by atoms with Crippen molar-refractivity contribution in [3.8, 4) is 0 Å². The van der Waals surface area contributed by atoms with Gasteiger partial charge in [-0.2, -0.15) is 0 Å². The van der Waals surface area contributed by atoms with Crippen LogP contribution in [0.3, 0.4) is 0 Å². The van der Waals surface area contributed by atoms with Crippen LogP contribution in [0.5, 0.6) is 0 Å². The Kier molecular flexibility index (Phi) is 3.00. The Hall–Kier alpha value is -0.785. The normalized spacial score (nSPS) is 8.22. The van der Waals surface area contributed by atoms with Crippen molar-refractivity contribution < 1.29 is 0 Å². The molecule has 1 aromatic rings. The van der Waals surface area contributed by atoms with E-state index in [4.69, 9.17) is 0 Å². The van der Waals surface area contributed by atoms with Gasteiger partial charge >= 0.3 is 0 Å².